The van der Waals surface area contributed by atoms with E-state index in [0.717, 1.165) is 10.5 Å². The number of benzene rings is 3. The average Bonchev–Trinajstić information content (AvgIpc) is 2.99. The smallest absolute Gasteiger partial charge is 0.416 e. The van der Waals surface area contributed by atoms with Crippen molar-refractivity contribution < 1.29 is 45.1 Å². The molecule has 7 nitrogen and oxygen atoms in total. The highest BCUT2D eigenvalue weighted by Gasteiger charge is 2.38. The van der Waals surface area contributed by atoms with Gasteiger partial charge >= 0.3 is 12.4 Å². The van der Waals surface area contributed by atoms with Crippen LogP contribution in [0.2, 0.25) is 0 Å². The minimum Gasteiger partial charge on any atom is -0.464 e. The molecule has 13 heteroatoms. The molecule has 1 heterocycles. The van der Waals surface area contributed by atoms with Gasteiger partial charge in [-0.3, -0.25) is 14.4 Å². The van der Waals surface area contributed by atoms with Crippen LogP contribution in [0.3, 0.4) is 0 Å². The van der Waals surface area contributed by atoms with Crippen LogP contribution >= 0.6 is 0 Å². The number of aryl methyl sites for hydroxylation is 1. The molecule has 45 heavy (non-hydrogen) atoms. The van der Waals surface area contributed by atoms with Gasteiger partial charge in [-0.15, -0.1) is 0 Å². The average molecular weight is 635 g/mol. The normalized spacial score (nSPS) is 11.9. The summed E-state index contributed by atoms with van der Waals surface area (Å²) in [6.45, 7) is 0.286. The van der Waals surface area contributed by atoms with Gasteiger partial charge in [-0.1, -0.05) is 42.0 Å². The summed E-state index contributed by atoms with van der Waals surface area (Å²) in [5, 5.41) is 0.293. The zero-order chi connectivity index (χ0) is 32.9. The molecule has 0 atom stereocenters. The largest absolute Gasteiger partial charge is 0.464 e. The van der Waals surface area contributed by atoms with Gasteiger partial charge < -0.3 is 19.0 Å². The minimum absolute atomic E-state index is 0.0287. The van der Waals surface area contributed by atoms with E-state index in [0.29, 0.717) is 28.7 Å². The predicted octanol–water partition coefficient (Wildman–Crippen LogP) is 6.46. The molecule has 2 amide bonds. The van der Waals surface area contributed by atoms with Crippen LogP contribution in [-0.2, 0) is 35.0 Å². The Bertz CT molecular complexity index is 1700. The number of hydrogen-bond acceptors (Lipinski definition) is 5. The van der Waals surface area contributed by atoms with Gasteiger partial charge in [0.25, 0.3) is 5.91 Å². The molecule has 0 saturated carbocycles. The van der Waals surface area contributed by atoms with Crippen LogP contribution in [0.15, 0.2) is 82.2 Å². The van der Waals surface area contributed by atoms with E-state index >= 15 is 0 Å². The molecule has 238 valence electrons. The topological polar surface area (TPSA) is 80.1 Å². The summed E-state index contributed by atoms with van der Waals surface area (Å²) < 4.78 is 91.5. The van der Waals surface area contributed by atoms with Crippen molar-refractivity contribution in [2.24, 2.45) is 0 Å². The Morgan fingerprint density at radius 3 is 2.09 bits per heavy atom. The van der Waals surface area contributed by atoms with Gasteiger partial charge in [0.05, 0.1) is 41.5 Å². The van der Waals surface area contributed by atoms with E-state index in [1.807, 2.05) is 0 Å². The summed E-state index contributed by atoms with van der Waals surface area (Å²) in [6, 6.07) is 14.2. The molecule has 1 aromatic heterocycles. The highest BCUT2D eigenvalue weighted by molar-refractivity contribution is 5.97. The van der Waals surface area contributed by atoms with Gasteiger partial charge in [-0.05, 0) is 42.8 Å². The van der Waals surface area contributed by atoms with Crippen LogP contribution in [0.1, 0.15) is 38.2 Å². The number of methoxy groups -OCH3 is 1. The van der Waals surface area contributed by atoms with Gasteiger partial charge in [0.2, 0.25) is 5.91 Å². The van der Waals surface area contributed by atoms with Crippen molar-refractivity contribution in [2.45, 2.75) is 32.4 Å². The van der Waals surface area contributed by atoms with Crippen molar-refractivity contribution in [1.82, 2.24) is 9.80 Å². The second kappa shape index (κ2) is 13.6. The first-order valence-corrected chi connectivity index (χ1v) is 13.6. The van der Waals surface area contributed by atoms with Crippen molar-refractivity contribution in [1.29, 1.82) is 0 Å². The van der Waals surface area contributed by atoms with Crippen LogP contribution in [0, 0.1) is 6.92 Å². The van der Waals surface area contributed by atoms with Crippen molar-refractivity contribution in [3.63, 3.8) is 0 Å². The number of fused-ring (bicyclic) bond motifs is 1. The van der Waals surface area contributed by atoms with Gasteiger partial charge in [0.15, 0.2) is 5.43 Å². The molecule has 0 N–H and O–H groups in total. The summed E-state index contributed by atoms with van der Waals surface area (Å²) in [5.74, 6) is -1.97. The SMILES string of the molecule is COCCN(CC(=O)N(Cc1ccccc1)Cc1coc2ccc(C)cc2c1=O)C(=O)c1cc(C(F)(F)F)cc(C(F)(F)F)c1. The number of ether oxygens (including phenoxy) is 1. The van der Waals surface area contributed by atoms with Gasteiger partial charge in [0, 0.05) is 25.8 Å². The van der Waals surface area contributed by atoms with Crippen LogP contribution in [0.5, 0.6) is 0 Å². The lowest BCUT2D eigenvalue weighted by atomic mass is 10.0. The zero-order valence-electron chi connectivity index (χ0n) is 24.2. The van der Waals surface area contributed by atoms with E-state index in [1.54, 1.807) is 55.5 Å². The molecule has 0 spiro atoms. The third kappa shape index (κ3) is 8.29. The van der Waals surface area contributed by atoms with E-state index in [1.165, 1.54) is 18.3 Å². The Balaban J connectivity index is 1.70. The maximum Gasteiger partial charge on any atom is 0.416 e. The Hall–Kier alpha value is -4.65. The van der Waals surface area contributed by atoms with Crippen LogP contribution in [-0.4, -0.2) is 48.4 Å². The fraction of sp³-hybridized carbons (Fsp3) is 0.281. The standard InChI is InChI=1S/C32H28F6N2O5/c1-20-8-9-27-26(12-20)29(42)23(19-45-27)17-40(16-21-6-4-3-5-7-21)28(41)18-39(10-11-44-2)30(43)22-13-24(31(33,34)35)15-25(14-22)32(36,37)38/h3-9,12-15,19H,10-11,16-18H2,1-2H3. The molecule has 0 fully saturated rings. The fourth-order valence-electron chi connectivity index (χ4n) is 4.61. The number of rotatable bonds is 10. The highest BCUT2D eigenvalue weighted by atomic mass is 19.4. The lowest BCUT2D eigenvalue weighted by Crippen LogP contribution is -2.44. The number of carbonyl (C=O) groups excluding carboxylic acids is 2. The van der Waals surface area contributed by atoms with E-state index in [-0.39, 0.29) is 43.3 Å². The molecular formula is C32H28F6N2O5. The van der Waals surface area contributed by atoms with Gasteiger partial charge in [-0.2, -0.15) is 26.3 Å². The third-order valence-corrected chi connectivity index (χ3v) is 6.94. The Morgan fingerprint density at radius 2 is 1.49 bits per heavy atom. The first kappa shape index (κ1) is 33.2. The number of hydrogen-bond donors (Lipinski definition) is 0. The van der Waals surface area contributed by atoms with Crippen molar-refractivity contribution in [3.8, 4) is 0 Å². The van der Waals surface area contributed by atoms with E-state index in [2.05, 4.69) is 0 Å². The predicted molar refractivity (Wildman–Crippen MR) is 152 cm³/mol. The Labute approximate surface area is 253 Å². The first-order valence-electron chi connectivity index (χ1n) is 13.6. The summed E-state index contributed by atoms with van der Waals surface area (Å²) in [4.78, 5) is 42.5. The van der Waals surface area contributed by atoms with E-state index in [4.69, 9.17) is 9.15 Å². The number of halogens is 6. The summed E-state index contributed by atoms with van der Waals surface area (Å²) in [7, 11) is 1.28. The van der Waals surface area contributed by atoms with Crippen molar-refractivity contribution in [3.05, 3.63) is 117 Å². The summed E-state index contributed by atoms with van der Waals surface area (Å²) in [5.41, 5.74) is -2.69. The van der Waals surface area contributed by atoms with Crippen molar-refractivity contribution in [2.75, 3.05) is 26.8 Å². The molecule has 0 saturated heterocycles. The van der Waals surface area contributed by atoms with E-state index < -0.39 is 47.4 Å². The molecule has 0 bridgehead atoms. The number of amides is 2. The van der Waals surface area contributed by atoms with Crippen LogP contribution in [0.4, 0.5) is 26.3 Å². The number of carbonyl (C=O) groups is 2. The maximum atomic E-state index is 13.7. The highest BCUT2D eigenvalue weighted by Crippen LogP contribution is 2.36. The molecule has 4 rings (SSSR count). The lowest BCUT2D eigenvalue weighted by molar-refractivity contribution is -0.143. The molecular weight excluding hydrogens is 606 g/mol. The Kier molecular flexibility index (Phi) is 10.0. The quantitative estimate of drug-likeness (QED) is 0.187. The molecule has 0 aliphatic carbocycles. The first-order chi connectivity index (χ1) is 21.2. The third-order valence-electron chi connectivity index (χ3n) is 6.94. The minimum atomic E-state index is -5.17. The van der Waals surface area contributed by atoms with Gasteiger partial charge in [-0.25, -0.2) is 0 Å². The Morgan fingerprint density at radius 1 is 0.844 bits per heavy atom. The second-order valence-electron chi connectivity index (χ2n) is 10.3. The fourth-order valence-corrected chi connectivity index (χ4v) is 4.61. The van der Waals surface area contributed by atoms with Crippen LogP contribution < -0.4 is 5.43 Å². The monoisotopic (exact) mass is 634 g/mol. The van der Waals surface area contributed by atoms with Crippen LogP contribution in [0.25, 0.3) is 11.0 Å². The number of alkyl halides is 6. The summed E-state index contributed by atoms with van der Waals surface area (Å²) >= 11 is 0. The number of nitrogens with zero attached hydrogens (tertiary/aromatic N) is 2. The molecule has 0 aliphatic rings. The van der Waals surface area contributed by atoms with E-state index in [9.17, 15) is 40.7 Å². The summed E-state index contributed by atoms with van der Waals surface area (Å²) in [6.07, 6.45) is -9.12. The molecule has 0 unspecified atom stereocenters. The zero-order valence-corrected chi connectivity index (χ0v) is 24.2. The second-order valence-corrected chi connectivity index (χ2v) is 10.3. The van der Waals surface area contributed by atoms with Crippen molar-refractivity contribution >= 4 is 22.8 Å². The van der Waals surface area contributed by atoms with Gasteiger partial charge in [0.1, 0.15) is 12.1 Å². The molecule has 0 aliphatic heterocycles. The maximum absolute atomic E-state index is 13.7. The molecule has 4 aromatic rings. The molecule has 3 aromatic carbocycles. The molecule has 0 radical (unpaired) electrons. The lowest BCUT2D eigenvalue weighted by Gasteiger charge is -2.28.